The molecular formula is C18H31NO13P2. The Kier molecular flexibility index (Phi) is 12.6. The number of hydrogen-bond acceptors (Lipinski definition) is 13. The van der Waals surface area contributed by atoms with Crippen LogP contribution >= 0.6 is 15.2 Å². The molecule has 0 amide bonds. The van der Waals surface area contributed by atoms with E-state index >= 15 is 0 Å². The Balaban J connectivity index is 2.79. The van der Waals surface area contributed by atoms with Gasteiger partial charge in [0.25, 0.3) is 0 Å². The Morgan fingerprint density at radius 2 is 1.29 bits per heavy atom. The van der Waals surface area contributed by atoms with Crippen molar-refractivity contribution in [1.29, 1.82) is 0 Å². The number of aromatic hydroxyl groups is 2. The van der Waals surface area contributed by atoms with Gasteiger partial charge in [0.1, 0.15) is 0 Å². The van der Waals surface area contributed by atoms with Gasteiger partial charge in [-0.1, -0.05) is 0 Å². The van der Waals surface area contributed by atoms with Gasteiger partial charge < -0.3 is 37.8 Å². The molecule has 1 aromatic rings. The maximum Gasteiger partial charge on any atom is 0.536 e. The summed E-state index contributed by atoms with van der Waals surface area (Å²) in [5, 5.41) is 17.4. The third kappa shape index (κ3) is 8.61. The summed E-state index contributed by atoms with van der Waals surface area (Å²) >= 11 is 0. The van der Waals surface area contributed by atoms with Gasteiger partial charge in [0, 0.05) is 18.6 Å². The second kappa shape index (κ2) is 14.3. The van der Waals surface area contributed by atoms with E-state index in [1.807, 2.05) is 0 Å². The first-order chi connectivity index (χ1) is 16.1. The zero-order valence-electron chi connectivity index (χ0n) is 19.4. The van der Waals surface area contributed by atoms with Gasteiger partial charge in [0.15, 0.2) is 5.40 Å². The van der Waals surface area contributed by atoms with Crippen LogP contribution in [0.5, 0.6) is 11.8 Å². The van der Waals surface area contributed by atoms with Crippen LogP contribution in [-0.2, 0) is 41.5 Å². The second-order valence-corrected chi connectivity index (χ2v) is 11.1. The average molecular weight is 531 g/mol. The summed E-state index contributed by atoms with van der Waals surface area (Å²) in [6.45, 7) is 5.38. The van der Waals surface area contributed by atoms with Crippen LogP contribution < -0.4 is 4.84 Å². The highest BCUT2D eigenvalue weighted by atomic mass is 31.2. The van der Waals surface area contributed by atoms with Crippen LogP contribution in [0.25, 0.3) is 0 Å². The fourth-order valence-corrected chi connectivity index (χ4v) is 8.04. The predicted octanol–water partition coefficient (Wildman–Crippen LogP) is 3.60. The van der Waals surface area contributed by atoms with E-state index in [0.717, 1.165) is 12.1 Å². The van der Waals surface area contributed by atoms with Crippen molar-refractivity contribution in [2.45, 2.75) is 45.9 Å². The summed E-state index contributed by atoms with van der Waals surface area (Å²) in [5.41, 5.74) is 0. The molecule has 1 aromatic heterocycles. The lowest BCUT2D eigenvalue weighted by Crippen LogP contribution is -2.23. The zero-order valence-corrected chi connectivity index (χ0v) is 21.2. The minimum atomic E-state index is -4.03. The molecule has 0 bridgehead atoms. The monoisotopic (exact) mass is 531 g/mol. The standard InChI is InChI=1S/C18H31NO13P2/c1-5-28-33(24,29-6-2)17(34(25,30-7-3)31-8-4)12-11-16(22)26-13-27-18(23)32-19-14(20)9-10-15(19)21/h9-10,17,20-21H,5-8,11-13H2,1-4H3. The molecule has 0 aliphatic rings. The van der Waals surface area contributed by atoms with Crippen molar-refractivity contribution in [3.63, 3.8) is 0 Å². The molecule has 14 nitrogen and oxygen atoms in total. The van der Waals surface area contributed by atoms with E-state index in [9.17, 15) is 28.9 Å². The van der Waals surface area contributed by atoms with Gasteiger partial charge in [-0.05, 0) is 34.1 Å². The number of rotatable bonds is 16. The van der Waals surface area contributed by atoms with E-state index in [1.165, 1.54) is 0 Å². The van der Waals surface area contributed by atoms with Gasteiger partial charge in [-0.15, -0.1) is 4.73 Å². The van der Waals surface area contributed by atoms with Crippen molar-refractivity contribution >= 4 is 27.3 Å². The van der Waals surface area contributed by atoms with E-state index in [-0.39, 0.29) is 32.8 Å². The molecule has 0 saturated heterocycles. The number of carbonyl (C=O) groups is 2. The van der Waals surface area contributed by atoms with Gasteiger partial charge in [-0.3, -0.25) is 18.8 Å². The molecule has 0 aromatic carbocycles. The summed E-state index contributed by atoms with van der Waals surface area (Å²) in [6, 6.07) is 2.12. The van der Waals surface area contributed by atoms with Crippen molar-refractivity contribution in [3.8, 4) is 11.8 Å². The summed E-state index contributed by atoms with van der Waals surface area (Å²) < 4.78 is 57.7. The first-order valence-corrected chi connectivity index (χ1v) is 13.7. The molecule has 0 spiro atoms. The third-order valence-electron chi connectivity index (χ3n) is 3.93. The summed E-state index contributed by atoms with van der Waals surface area (Å²) in [6.07, 6.45) is -2.11. The molecule has 1 heterocycles. The van der Waals surface area contributed by atoms with Crippen LogP contribution in [0.1, 0.15) is 40.5 Å². The van der Waals surface area contributed by atoms with Gasteiger partial charge in [0.2, 0.25) is 18.6 Å². The topological polar surface area (TPSA) is 178 Å². The van der Waals surface area contributed by atoms with Crippen LogP contribution in [0.3, 0.4) is 0 Å². The number of esters is 1. The average Bonchev–Trinajstić information content (AvgIpc) is 3.06. The van der Waals surface area contributed by atoms with Crippen molar-refractivity contribution < 1.29 is 61.3 Å². The van der Waals surface area contributed by atoms with Gasteiger partial charge in [-0.25, -0.2) is 4.79 Å². The highest BCUT2D eigenvalue weighted by Gasteiger charge is 2.50. The molecule has 0 fully saturated rings. The maximum absolute atomic E-state index is 13.4. The first kappa shape index (κ1) is 30.0. The summed E-state index contributed by atoms with van der Waals surface area (Å²) in [4.78, 5) is 28.3. The lowest BCUT2D eigenvalue weighted by molar-refractivity contribution is -0.153. The lowest BCUT2D eigenvalue weighted by atomic mass is 10.3. The van der Waals surface area contributed by atoms with Gasteiger partial charge in [-0.2, -0.15) is 0 Å². The maximum atomic E-state index is 13.4. The molecule has 34 heavy (non-hydrogen) atoms. The molecule has 0 aliphatic carbocycles. The van der Waals surface area contributed by atoms with E-state index in [1.54, 1.807) is 27.7 Å². The summed E-state index contributed by atoms with van der Waals surface area (Å²) in [5.74, 6) is -2.04. The van der Waals surface area contributed by atoms with Crippen molar-refractivity contribution in [1.82, 2.24) is 4.73 Å². The predicted molar refractivity (Wildman–Crippen MR) is 117 cm³/mol. The normalized spacial score (nSPS) is 12.0. The highest BCUT2D eigenvalue weighted by Crippen LogP contribution is 2.71. The Labute approximate surface area is 197 Å². The van der Waals surface area contributed by atoms with Crippen LogP contribution in [-0.4, -0.2) is 65.7 Å². The molecule has 0 aliphatic heterocycles. The van der Waals surface area contributed by atoms with Gasteiger partial charge in [0.05, 0.1) is 26.4 Å². The second-order valence-electron chi connectivity index (χ2n) is 6.23. The van der Waals surface area contributed by atoms with Crippen molar-refractivity contribution in [2.75, 3.05) is 33.2 Å². The molecule has 0 atom stereocenters. The quantitative estimate of drug-likeness (QED) is 0.180. The fourth-order valence-electron chi connectivity index (χ4n) is 2.69. The van der Waals surface area contributed by atoms with Crippen LogP contribution in [0.4, 0.5) is 4.79 Å². The lowest BCUT2D eigenvalue weighted by Gasteiger charge is -2.31. The van der Waals surface area contributed by atoms with Crippen molar-refractivity contribution in [2.24, 2.45) is 0 Å². The third-order valence-corrected chi connectivity index (χ3v) is 10.1. The van der Waals surface area contributed by atoms with E-state index in [4.69, 9.17) is 22.8 Å². The highest BCUT2D eigenvalue weighted by molar-refractivity contribution is 7.72. The molecule has 0 radical (unpaired) electrons. The molecule has 196 valence electrons. The first-order valence-electron chi connectivity index (χ1n) is 10.4. The van der Waals surface area contributed by atoms with Crippen LogP contribution in [0, 0.1) is 0 Å². The molecule has 2 N–H and O–H groups in total. The fraction of sp³-hybridized carbons (Fsp3) is 0.667. The molecule has 1 rings (SSSR count). The molecule has 16 heteroatoms. The van der Waals surface area contributed by atoms with Crippen LogP contribution in [0.2, 0.25) is 0 Å². The SMILES string of the molecule is CCOP(=O)(OCC)C(CCC(=O)OCOC(=O)On1c(O)ccc1O)P(=O)(OCC)OCC. The number of aromatic nitrogens is 1. The largest absolute Gasteiger partial charge is 0.536 e. The Morgan fingerprint density at radius 3 is 1.71 bits per heavy atom. The van der Waals surface area contributed by atoms with E-state index < -0.39 is 57.7 Å². The number of nitrogens with zero attached hydrogens (tertiary/aromatic N) is 1. The molecule has 0 saturated carbocycles. The number of carbonyl (C=O) groups excluding carboxylic acids is 2. The minimum absolute atomic E-state index is 0.0150. The zero-order chi connectivity index (χ0) is 25.8. The number of ether oxygens (including phenoxy) is 2. The van der Waals surface area contributed by atoms with Gasteiger partial charge >= 0.3 is 27.3 Å². The van der Waals surface area contributed by atoms with E-state index in [2.05, 4.69) is 9.57 Å². The van der Waals surface area contributed by atoms with Crippen LogP contribution in [0.15, 0.2) is 12.1 Å². The molecular weight excluding hydrogens is 500 g/mol. The van der Waals surface area contributed by atoms with Crippen molar-refractivity contribution in [3.05, 3.63) is 12.1 Å². The summed E-state index contributed by atoms with van der Waals surface area (Å²) in [7, 11) is -8.05. The minimum Gasteiger partial charge on any atom is -0.492 e. The Bertz CT molecular complexity index is 818. The molecule has 0 unspecified atom stereocenters. The van der Waals surface area contributed by atoms with E-state index in [0.29, 0.717) is 4.73 Å². The Morgan fingerprint density at radius 1 is 0.853 bits per heavy atom. The number of hydrogen-bond donors (Lipinski definition) is 2. The Hall–Kier alpha value is -2.08. The smallest absolute Gasteiger partial charge is 0.492 e.